The van der Waals surface area contributed by atoms with Gasteiger partial charge >= 0.3 is 0 Å². The molecule has 3 heteroatoms. The highest BCUT2D eigenvalue weighted by Crippen LogP contribution is 2.26. The van der Waals surface area contributed by atoms with Crippen molar-refractivity contribution in [1.82, 2.24) is 0 Å². The summed E-state index contributed by atoms with van der Waals surface area (Å²) in [6.07, 6.45) is 0.915. The monoisotopic (exact) mass is 271 g/mol. The molecule has 0 fully saturated rings. The van der Waals surface area contributed by atoms with Crippen LogP contribution in [0, 0.1) is 6.92 Å². The topological polar surface area (TPSA) is 44.5 Å². The fraction of sp³-hybridized carbons (Fsp3) is 0.294. The molecule has 0 heterocycles. The molecular formula is C17H21NO2. The summed E-state index contributed by atoms with van der Waals surface area (Å²) in [6.45, 7) is 3.28. The zero-order valence-electron chi connectivity index (χ0n) is 12.1. The Bertz CT molecular complexity index is 549. The molecule has 0 spiro atoms. The number of hydrogen-bond acceptors (Lipinski definition) is 3. The highest BCUT2D eigenvalue weighted by Gasteiger charge is 2.03. The molecule has 106 valence electrons. The van der Waals surface area contributed by atoms with Crippen molar-refractivity contribution in [2.45, 2.75) is 19.9 Å². The van der Waals surface area contributed by atoms with Crippen molar-refractivity contribution in [2.24, 2.45) is 5.73 Å². The quantitative estimate of drug-likeness (QED) is 0.875. The van der Waals surface area contributed by atoms with Gasteiger partial charge in [0.25, 0.3) is 0 Å². The Morgan fingerprint density at radius 2 is 1.70 bits per heavy atom. The lowest BCUT2D eigenvalue weighted by Crippen LogP contribution is -1.97. The summed E-state index contributed by atoms with van der Waals surface area (Å²) in [5.41, 5.74) is 9.08. The van der Waals surface area contributed by atoms with Crippen LogP contribution in [0.1, 0.15) is 16.7 Å². The van der Waals surface area contributed by atoms with Crippen molar-refractivity contribution in [3.63, 3.8) is 0 Å². The SMILES string of the molecule is COCCc1ccc(Oc2cc(CN)ccc2C)cc1. The predicted molar refractivity (Wildman–Crippen MR) is 81.2 cm³/mol. The molecule has 20 heavy (non-hydrogen) atoms. The molecule has 0 saturated carbocycles. The Morgan fingerprint density at radius 3 is 2.35 bits per heavy atom. The number of aryl methyl sites for hydroxylation is 1. The largest absolute Gasteiger partial charge is 0.457 e. The lowest BCUT2D eigenvalue weighted by molar-refractivity contribution is 0.202. The highest BCUT2D eigenvalue weighted by atomic mass is 16.5. The Hall–Kier alpha value is -1.84. The Kier molecular flexibility index (Phi) is 5.16. The molecule has 3 nitrogen and oxygen atoms in total. The molecular weight excluding hydrogens is 250 g/mol. The average Bonchev–Trinajstić information content (AvgIpc) is 2.49. The molecule has 0 amide bonds. The maximum atomic E-state index is 5.92. The summed E-state index contributed by atoms with van der Waals surface area (Å²) in [4.78, 5) is 0. The minimum atomic E-state index is 0.520. The van der Waals surface area contributed by atoms with Gasteiger partial charge in [-0.05, 0) is 48.2 Å². The van der Waals surface area contributed by atoms with E-state index in [1.165, 1.54) is 5.56 Å². The molecule has 2 aromatic carbocycles. The van der Waals surface area contributed by atoms with Crippen molar-refractivity contribution in [1.29, 1.82) is 0 Å². The second kappa shape index (κ2) is 7.08. The first-order chi connectivity index (χ1) is 9.72. The molecule has 0 aliphatic heterocycles. The van der Waals surface area contributed by atoms with Crippen LogP contribution in [0.3, 0.4) is 0 Å². The second-order valence-electron chi connectivity index (χ2n) is 4.79. The van der Waals surface area contributed by atoms with Gasteiger partial charge in [-0.2, -0.15) is 0 Å². The van der Waals surface area contributed by atoms with Gasteiger partial charge in [0, 0.05) is 13.7 Å². The van der Waals surface area contributed by atoms with Gasteiger partial charge in [-0.15, -0.1) is 0 Å². The van der Waals surface area contributed by atoms with E-state index in [0.29, 0.717) is 6.54 Å². The van der Waals surface area contributed by atoms with E-state index in [-0.39, 0.29) is 0 Å². The molecule has 0 radical (unpaired) electrons. The molecule has 0 atom stereocenters. The molecule has 2 N–H and O–H groups in total. The zero-order chi connectivity index (χ0) is 14.4. The summed E-state index contributed by atoms with van der Waals surface area (Å²) in [5, 5.41) is 0. The van der Waals surface area contributed by atoms with Crippen molar-refractivity contribution in [3.8, 4) is 11.5 Å². The Labute approximate surface area is 120 Å². The summed E-state index contributed by atoms with van der Waals surface area (Å²) < 4.78 is 11.0. The van der Waals surface area contributed by atoms with E-state index in [1.807, 2.05) is 37.3 Å². The van der Waals surface area contributed by atoms with Crippen LogP contribution in [0.4, 0.5) is 0 Å². The van der Waals surface area contributed by atoms with E-state index in [0.717, 1.165) is 35.7 Å². The molecule has 0 bridgehead atoms. The van der Waals surface area contributed by atoms with Crippen LogP contribution in [0.5, 0.6) is 11.5 Å². The molecule has 2 rings (SSSR count). The van der Waals surface area contributed by atoms with Crippen LogP contribution < -0.4 is 10.5 Å². The summed E-state index contributed by atoms with van der Waals surface area (Å²) in [7, 11) is 1.71. The van der Waals surface area contributed by atoms with Gasteiger partial charge in [-0.1, -0.05) is 24.3 Å². The number of nitrogens with two attached hydrogens (primary N) is 1. The summed E-state index contributed by atoms with van der Waals surface area (Å²) >= 11 is 0. The number of rotatable bonds is 6. The van der Waals surface area contributed by atoms with E-state index in [9.17, 15) is 0 Å². The first-order valence-corrected chi connectivity index (χ1v) is 6.78. The molecule has 0 unspecified atom stereocenters. The molecule has 2 aromatic rings. The standard InChI is InChI=1S/C17H21NO2/c1-13-3-4-15(12-18)11-17(13)20-16-7-5-14(6-8-16)9-10-19-2/h3-8,11H,9-10,12,18H2,1-2H3. The Balaban J connectivity index is 2.09. The fourth-order valence-corrected chi connectivity index (χ4v) is 1.95. The summed E-state index contributed by atoms with van der Waals surface area (Å²) in [5.74, 6) is 1.70. The molecule has 0 aliphatic rings. The zero-order valence-corrected chi connectivity index (χ0v) is 12.1. The maximum absolute atomic E-state index is 5.92. The van der Waals surface area contributed by atoms with Crippen LogP contribution >= 0.6 is 0 Å². The highest BCUT2D eigenvalue weighted by molar-refractivity contribution is 5.40. The smallest absolute Gasteiger partial charge is 0.130 e. The molecule has 0 aliphatic carbocycles. The van der Waals surface area contributed by atoms with Gasteiger partial charge in [0.05, 0.1) is 6.61 Å². The van der Waals surface area contributed by atoms with Crippen LogP contribution in [0.15, 0.2) is 42.5 Å². The minimum Gasteiger partial charge on any atom is -0.457 e. The number of hydrogen-bond donors (Lipinski definition) is 1. The van der Waals surface area contributed by atoms with E-state index in [4.69, 9.17) is 15.2 Å². The van der Waals surface area contributed by atoms with Crippen LogP contribution in [-0.2, 0) is 17.7 Å². The third-order valence-corrected chi connectivity index (χ3v) is 3.23. The van der Waals surface area contributed by atoms with Crippen molar-refractivity contribution in [3.05, 3.63) is 59.2 Å². The van der Waals surface area contributed by atoms with Gasteiger partial charge in [0.2, 0.25) is 0 Å². The van der Waals surface area contributed by atoms with Gasteiger partial charge in [-0.3, -0.25) is 0 Å². The summed E-state index contributed by atoms with van der Waals surface area (Å²) in [6, 6.07) is 14.2. The number of ether oxygens (including phenoxy) is 2. The van der Waals surface area contributed by atoms with Crippen molar-refractivity contribution in [2.75, 3.05) is 13.7 Å². The maximum Gasteiger partial charge on any atom is 0.130 e. The normalized spacial score (nSPS) is 10.6. The van der Waals surface area contributed by atoms with Crippen molar-refractivity contribution >= 4 is 0 Å². The average molecular weight is 271 g/mol. The van der Waals surface area contributed by atoms with Gasteiger partial charge in [0.1, 0.15) is 11.5 Å². The van der Waals surface area contributed by atoms with Gasteiger partial charge < -0.3 is 15.2 Å². The second-order valence-corrected chi connectivity index (χ2v) is 4.79. The fourth-order valence-electron chi connectivity index (χ4n) is 1.95. The number of benzene rings is 2. The van der Waals surface area contributed by atoms with Crippen molar-refractivity contribution < 1.29 is 9.47 Å². The third kappa shape index (κ3) is 3.83. The van der Waals surface area contributed by atoms with E-state index >= 15 is 0 Å². The van der Waals surface area contributed by atoms with E-state index in [1.54, 1.807) is 7.11 Å². The minimum absolute atomic E-state index is 0.520. The van der Waals surface area contributed by atoms with Crippen LogP contribution in [0.2, 0.25) is 0 Å². The van der Waals surface area contributed by atoms with Crippen LogP contribution in [0.25, 0.3) is 0 Å². The lowest BCUT2D eigenvalue weighted by Gasteiger charge is -2.10. The van der Waals surface area contributed by atoms with Gasteiger partial charge in [0.15, 0.2) is 0 Å². The Morgan fingerprint density at radius 1 is 1.00 bits per heavy atom. The first-order valence-electron chi connectivity index (χ1n) is 6.78. The number of methoxy groups -OCH3 is 1. The predicted octanol–water partition coefficient (Wildman–Crippen LogP) is 3.43. The van der Waals surface area contributed by atoms with E-state index in [2.05, 4.69) is 12.1 Å². The first kappa shape index (κ1) is 14.6. The molecule has 0 saturated heterocycles. The lowest BCUT2D eigenvalue weighted by atomic mass is 10.1. The molecule has 0 aromatic heterocycles. The third-order valence-electron chi connectivity index (χ3n) is 3.23. The van der Waals surface area contributed by atoms with Gasteiger partial charge in [-0.25, -0.2) is 0 Å². The van der Waals surface area contributed by atoms with E-state index < -0.39 is 0 Å². The van der Waals surface area contributed by atoms with Crippen LogP contribution in [-0.4, -0.2) is 13.7 Å².